The van der Waals surface area contributed by atoms with E-state index in [4.69, 9.17) is 4.74 Å². The highest BCUT2D eigenvalue weighted by Gasteiger charge is 2.29. The summed E-state index contributed by atoms with van der Waals surface area (Å²) in [6.45, 7) is 8.75. The number of hydrogen-bond donors (Lipinski definition) is 0. The summed E-state index contributed by atoms with van der Waals surface area (Å²) in [5, 5.41) is 1.17. The van der Waals surface area contributed by atoms with Crippen molar-refractivity contribution in [1.82, 2.24) is 4.90 Å². The number of unbranched alkanes of at least 4 members (excludes halogenated alkanes) is 6. The van der Waals surface area contributed by atoms with Crippen LogP contribution in [-0.4, -0.2) is 42.1 Å². The minimum absolute atomic E-state index is 0.244. The van der Waals surface area contributed by atoms with E-state index < -0.39 is 0 Å². The van der Waals surface area contributed by atoms with Crippen molar-refractivity contribution < 1.29 is 4.74 Å². The fourth-order valence-corrected chi connectivity index (χ4v) is 2.98. The molecule has 1 aliphatic heterocycles. The lowest BCUT2D eigenvalue weighted by atomic mass is 10.0. The zero-order chi connectivity index (χ0) is 13.3. The first-order valence-corrected chi connectivity index (χ1v) is 8.68. The monoisotopic (exact) mass is 319 g/mol. The second-order valence-electron chi connectivity index (χ2n) is 6.02. The third-order valence-corrected chi connectivity index (χ3v) is 4.44. The molecule has 0 bridgehead atoms. The first kappa shape index (κ1) is 16.5. The van der Waals surface area contributed by atoms with Gasteiger partial charge >= 0.3 is 0 Å². The van der Waals surface area contributed by atoms with E-state index in [1.165, 1.54) is 56.8 Å². The minimum atomic E-state index is 0.244. The molecule has 0 N–H and O–H groups in total. The number of alkyl halides is 1. The van der Waals surface area contributed by atoms with E-state index in [-0.39, 0.29) is 5.54 Å². The average molecular weight is 320 g/mol. The molecule has 0 saturated carbocycles. The molecule has 0 aromatic rings. The van der Waals surface area contributed by atoms with E-state index in [9.17, 15) is 0 Å². The van der Waals surface area contributed by atoms with Gasteiger partial charge in [0, 0.05) is 17.4 Å². The van der Waals surface area contributed by atoms with Crippen LogP contribution in [0, 0.1) is 0 Å². The second kappa shape index (κ2) is 9.33. The first-order chi connectivity index (χ1) is 8.67. The van der Waals surface area contributed by atoms with E-state index in [1.807, 2.05) is 0 Å². The molecule has 1 saturated heterocycles. The minimum Gasteiger partial charge on any atom is -0.378 e. The summed E-state index contributed by atoms with van der Waals surface area (Å²) in [7, 11) is 0. The summed E-state index contributed by atoms with van der Waals surface area (Å²) in [5.74, 6) is 0. The van der Waals surface area contributed by atoms with Crippen molar-refractivity contribution in [1.29, 1.82) is 0 Å². The molecule has 1 heterocycles. The molecule has 0 unspecified atom stereocenters. The lowest BCUT2D eigenvalue weighted by Gasteiger charge is -2.42. The molecule has 1 rings (SSSR count). The number of hydrogen-bond acceptors (Lipinski definition) is 2. The average Bonchev–Trinajstić information content (AvgIpc) is 2.34. The Morgan fingerprint density at radius 3 is 2.22 bits per heavy atom. The fraction of sp³-hybridized carbons (Fsp3) is 1.00. The highest BCUT2D eigenvalue weighted by Crippen LogP contribution is 2.19. The smallest absolute Gasteiger partial charge is 0.0645 e. The Bertz CT molecular complexity index is 209. The summed E-state index contributed by atoms with van der Waals surface area (Å²) < 4.78 is 5.55. The van der Waals surface area contributed by atoms with E-state index in [1.54, 1.807) is 0 Å². The van der Waals surface area contributed by atoms with E-state index in [0.29, 0.717) is 0 Å². The zero-order valence-electron chi connectivity index (χ0n) is 12.2. The number of halogens is 1. The van der Waals surface area contributed by atoms with Gasteiger partial charge < -0.3 is 4.74 Å². The summed E-state index contributed by atoms with van der Waals surface area (Å²) in [6.07, 6.45) is 9.70. The van der Waals surface area contributed by atoms with Gasteiger partial charge in [-0.05, 0) is 33.2 Å². The molecule has 1 aliphatic rings. The summed E-state index contributed by atoms with van der Waals surface area (Å²) >= 11 is 3.48. The fourth-order valence-electron chi connectivity index (χ4n) is 2.59. The molecule has 0 radical (unpaired) electrons. The van der Waals surface area contributed by atoms with Crippen LogP contribution in [0.5, 0.6) is 0 Å². The Morgan fingerprint density at radius 2 is 1.61 bits per heavy atom. The molecule has 3 heteroatoms. The molecule has 0 atom stereocenters. The molecule has 2 nitrogen and oxygen atoms in total. The number of nitrogens with zero attached hydrogens (tertiary/aromatic N) is 1. The Balaban J connectivity index is 1.97. The van der Waals surface area contributed by atoms with Gasteiger partial charge in [0.2, 0.25) is 0 Å². The van der Waals surface area contributed by atoms with Crippen LogP contribution >= 0.6 is 15.9 Å². The molecule has 108 valence electrons. The van der Waals surface area contributed by atoms with Gasteiger partial charge in [-0.2, -0.15) is 0 Å². The standard InChI is InChI=1S/C15H30BrNO/c1-15(2)14-18-13-12-17(15)11-9-7-5-3-4-6-8-10-16/h3-14H2,1-2H3. The number of ether oxygens (including phenoxy) is 1. The first-order valence-electron chi connectivity index (χ1n) is 7.55. The highest BCUT2D eigenvalue weighted by atomic mass is 79.9. The van der Waals surface area contributed by atoms with Crippen molar-refractivity contribution >= 4 is 15.9 Å². The van der Waals surface area contributed by atoms with Crippen molar-refractivity contribution in [3.8, 4) is 0 Å². The topological polar surface area (TPSA) is 12.5 Å². The van der Waals surface area contributed by atoms with Crippen LogP contribution in [-0.2, 0) is 4.74 Å². The van der Waals surface area contributed by atoms with Crippen molar-refractivity contribution in [3.05, 3.63) is 0 Å². The lowest BCUT2D eigenvalue weighted by molar-refractivity contribution is -0.0513. The van der Waals surface area contributed by atoms with Crippen LogP contribution < -0.4 is 0 Å². The number of rotatable bonds is 9. The van der Waals surface area contributed by atoms with Gasteiger partial charge in [0.15, 0.2) is 0 Å². The summed E-state index contributed by atoms with van der Waals surface area (Å²) in [6, 6.07) is 0. The predicted octanol–water partition coefficient (Wildman–Crippen LogP) is 4.22. The SMILES string of the molecule is CC1(C)COCCN1CCCCCCCCCBr. The van der Waals surface area contributed by atoms with Gasteiger partial charge in [-0.1, -0.05) is 48.0 Å². The Morgan fingerprint density at radius 1 is 1.00 bits per heavy atom. The van der Waals surface area contributed by atoms with Crippen molar-refractivity contribution in [2.24, 2.45) is 0 Å². The molecular weight excluding hydrogens is 290 g/mol. The van der Waals surface area contributed by atoms with Gasteiger partial charge in [0.05, 0.1) is 13.2 Å². The highest BCUT2D eigenvalue weighted by molar-refractivity contribution is 9.09. The maximum absolute atomic E-state index is 5.55. The molecule has 0 aromatic heterocycles. The van der Waals surface area contributed by atoms with Gasteiger partial charge in [-0.25, -0.2) is 0 Å². The molecular formula is C15H30BrNO. The molecule has 1 fully saturated rings. The molecule has 0 aromatic carbocycles. The molecule has 0 aliphatic carbocycles. The number of morpholine rings is 1. The van der Waals surface area contributed by atoms with Crippen LogP contribution in [0.4, 0.5) is 0 Å². The van der Waals surface area contributed by atoms with E-state index in [0.717, 1.165) is 19.8 Å². The van der Waals surface area contributed by atoms with Crippen molar-refractivity contribution in [2.75, 3.05) is 31.6 Å². The van der Waals surface area contributed by atoms with Crippen molar-refractivity contribution in [3.63, 3.8) is 0 Å². The van der Waals surface area contributed by atoms with E-state index in [2.05, 4.69) is 34.7 Å². The largest absolute Gasteiger partial charge is 0.378 e. The van der Waals surface area contributed by atoms with Crippen LogP contribution in [0.3, 0.4) is 0 Å². The quantitative estimate of drug-likeness (QED) is 0.466. The summed E-state index contributed by atoms with van der Waals surface area (Å²) in [4.78, 5) is 2.60. The van der Waals surface area contributed by atoms with E-state index >= 15 is 0 Å². The predicted molar refractivity (Wildman–Crippen MR) is 82.6 cm³/mol. The van der Waals surface area contributed by atoms with Crippen LogP contribution in [0.1, 0.15) is 58.8 Å². The Kier molecular flexibility index (Phi) is 8.53. The van der Waals surface area contributed by atoms with Crippen LogP contribution in [0.15, 0.2) is 0 Å². The third-order valence-electron chi connectivity index (χ3n) is 3.88. The zero-order valence-corrected chi connectivity index (χ0v) is 13.8. The molecule has 0 amide bonds. The van der Waals surface area contributed by atoms with Gasteiger partial charge in [-0.15, -0.1) is 0 Å². The maximum Gasteiger partial charge on any atom is 0.0645 e. The Hall–Kier alpha value is 0.400. The van der Waals surface area contributed by atoms with Crippen LogP contribution in [0.2, 0.25) is 0 Å². The second-order valence-corrected chi connectivity index (χ2v) is 6.81. The van der Waals surface area contributed by atoms with Gasteiger partial charge in [0.25, 0.3) is 0 Å². The third kappa shape index (κ3) is 6.53. The summed E-state index contributed by atoms with van der Waals surface area (Å²) in [5.41, 5.74) is 0.244. The lowest BCUT2D eigenvalue weighted by Crippen LogP contribution is -2.53. The van der Waals surface area contributed by atoms with Crippen molar-refractivity contribution in [2.45, 2.75) is 64.3 Å². The Labute approximate surface area is 122 Å². The normalized spacial score (nSPS) is 20.2. The maximum atomic E-state index is 5.55. The van der Waals surface area contributed by atoms with Gasteiger partial charge in [0.1, 0.15) is 0 Å². The van der Waals surface area contributed by atoms with Crippen LogP contribution in [0.25, 0.3) is 0 Å². The van der Waals surface area contributed by atoms with Gasteiger partial charge in [-0.3, -0.25) is 4.90 Å². The molecule has 0 spiro atoms. The molecule has 18 heavy (non-hydrogen) atoms.